The topological polar surface area (TPSA) is 50.4 Å². The molecule has 2 N–H and O–H groups in total. The van der Waals surface area contributed by atoms with E-state index in [1.165, 1.54) is 0 Å². The first-order chi connectivity index (χ1) is 7.60. The van der Waals surface area contributed by atoms with Crippen LogP contribution in [-0.4, -0.2) is 25.7 Å². The largest absolute Gasteiger partial charge is 0.426 e. The summed E-state index contributed by atoms with van der Waals surface area (Å²) < 4.78 is 5.25. The summed E-state index contributed by atoms with van der Waals surface area (Å²) >= 11 is 0. The normalized spacial score (nSPS) is 22.7. The zero-order valence-electron chi connectivity index (χ0n) is 9.76. The van der Waals surface area contributed by atoms with Gasteiger partial charge in [-0.3, -0.25) is 15.4 Å². The molecular weight excluding hydrogens is 204 g/mol. The maximum atomic E-state index is 11.4. The van der Waals surface area contributed by atoms with E-state index in [2.05, 4.69) is 10.6 Å². The number of likely N-dealkylation sites (N-methyl/N-ethyl adjacent to an activating group) is 2. The first kappa shape index (κ1) is 11.1. The number of hydrogen-bond donors (Lipinski definition) is 2. The van der Waals surface area contributed by atoms with Gasteiger partial charge in [0.25, 0.3) is 0 Å². The lowest BCUT2D eigenvalue weighted by molar-refractivity contribution is -0.139. The van der Waals surface area contributed by atoms with Crippen molar-refractivity contribution in [2.45, 2.75) is 19.0 Å². The van der Waals surface area contributed by atoms with Gasteiger partial charge in [-0.1, -0.05) is 11.6 Å². The van der Waals surface area contributed by atoms with Crippen LogP contribution in [0.4, 0.5) is 0 Å². The van der Waals surface area contributed by atoms with Crippen LogP contribution >= 0.6 is 0 Å². The van der Waals surface area contributed by atoms with Crippen LogP contribution in [0.25, 0.3) is 0 Å². The Bertz CT molecular complexity index is 415. The molecule has 1 aliphatic carbocycles. The summed E-state index contributed by atoms with van der Waals surface area (Å²) in [6.45, 7) is 1.96. The third kappa shape index (κ3) is 1.70. The third-order valence-corrected chi connectivity index (χ3v) is 3.06. The highest BCUT2D eigenvalue weighted by molar-refractivity contribution is 5.78. The lowest BCUT2D eigenvalue weighted by Crippen LogP contribution is -2.52. The fourth-order valence-corrected chi connectivity index (χ4v) is 1.97. The van der Waals surface area contributed by atoms with Crippen LogP contribution in [0.1, 0.15) is 13.3 Å². The van der Waals surface area contributed by atoms with Crippen LogP contribution in [0.15, 0.2) is 35.1 Å². The van der Waals surface area contributed by atoms with Gasteiger partial charge in [0.15, 0.2) is 0 Å². The van der Waals surface area contributed by atoms with E-state index in [-0.39, 0.29) is 5.97 Å². The predicted molar refractivity (Wildman–Crippen MR) is 61.5 cm³/mol. The number of nitrogens with one attached hydrogen (secondary N) is 2. The van der Waals surface area contributed by atoms with Crippen LogP contribution in [0, 0.1) is 0 Å². The fraction of sp³-hybridized carbons (Fsp3) is 0.417. The van der Waals surface area contributed by atoms with Crippen LogP contribution in [0.5, 0.6) is 0 Å². The number of allylic oxidation sites excluding steroid dienone is 1. The number of ether oxygens (including phenoxy) is 1. The second-order valence-corrected chi connectivity index (χ2v) is 4.06. The molecule has 0 fully saturated rings. The number of fused-ring (bicyclic) bond motifs is 1. The highest BCUT2D eigenvalue weighted by Gasteiger charge is 2.30. The molecule has 0 saturated heterocycles. The molecule has 0 amide bonds. The molecule has 86 valence electrons. The number of carbonyl (C=O) groups excluding carboxylic acids is 1. The maximum Gasteiger partial charge on any atom is 0.315 e. The first-order valence-corrected chi connectivity index (χ1v) is 5.31. The van der Waals surface area contributed by atoms with Crippen molar-refractivity contribution in [1.82, 2.24) is 10.6 Å². The van der Waals surface area contributed by atoms with E-state index < -0.39 is 5.66 Å². The van der Waals surface area contributed by atoms with Crippen molar-refractivity contribution in [3.63, 3.8) is 0 Å². The Labute approximate surface area is 95.0 Å². The van der Waals surface area contributed by atoms with Crippen LogP contribution < -0.4 is 10.6 Å². The van der Waals surface area contributed by atoms with Crippen molar-refractivity contribution in [2.75, 3.05) is 14.1 Å². The molecule has 2 aliphatic rings. The molecule has 0 spiro atoms. The Kier molecular flexibility index (Phi) is 2.69. The number of hydrogen-bond acceptors (Lipinski definition) is 4. The molecule has 0 bridgehead atoms. The number of carbonyl (C=O) groups is 1. The minimum absolute atomic E-state index is 0.191. The lowest BCUT2D eigenvalue weighted by Gasteiger charge is -2.32. The number of rotatable bonds is 2. The van der Waals surface area contributed by atoms with Gasteiger partial charge in [-0.25, -0.2) is 0 Å². The Hall–Kier alpha value is -1.39. The van der Waals surface area contributed by atoms with E-state index in [1.807, 2.05) is 39.2 Å². The summed E-state index contributed by atoms with van der Waals surface area (Å²) in [4.78, 5) is 11.4. The Morgan fingerprint density at radius 3 is 2.69 bits per heavy atom. The smallest absolute Gasteiger partial charge is 0.315 e. The molecule has 0 aromatic carbocycles. The molecule has 4 nitrogen and oxygen atoms in total. The van der Waals surface area contributed by atoms with Crippen molar-refractivity contribution in [3.8, 4) is 0 Å². The molecule has 4 heteroatoms. The zero-order valence-corrected chi connectivity index (χ0v) is 9.76. The van der Waals surface area contributed by atoms with Gasteiger partial charge >= 0.3 is 5.97 Å². The standard InChI is InChI=1S/C12H16N2O2/c1-8-6-11(15)16-10-7-12(13-2,14-3)5-4-9(8)10/h4-5,7,13-14H,6H2,1-3H3. The summed E-state index contributed by atoms with van der Waals surface area (Å²) in [6, 6.07) is 0. The predicted octanol–water partition coefficient (Wildman–Crippen LogP) is 0.839. The molecule has 0 unspecified atom stereocenters. The Balaban J connectivity index is 2.44. The second-order valence-electron chi connectivity index (χ2n) is 4.06. The van der Waals surface area contributed by atoms with E-state index in [0.29, 0.717) is 12.2 Å². The monoisotopic (exact) mass is 220 g/mol. The summed E-state index contributed by atoms with van der Waals surface area (Å²) in [5.41, 5.74) is 1.64. The summed E-state index contributed by atoms with van der Waals surface area (Å²) in [7, 11) is 3.70. The number of esters is 1. The van der Waals surface area contributed by atoms with Crippen molar-refractivity contribution in [1.29, 1.82) is 0 Å². The van der Waals surface area contributed by atoms with Gasteiger partial charge in [-0.15, -0.1) is 0 Å². The highest BCUT2D eigenvalue weighted by Crippen LogP contribution is 2.31. The van der Waals surface area contributed by atoms with E-state index in [0.717, 1.165) is 11.1 Å². The second kappa shape index (κ2) is 3.88. The van der Waals surface area contributed by atoms with E-state index in [1.54, 1.807) is 0 Å². The third-order valence-electron chi connectivity index (χ3n) is 3.06. The summed E-state index contributed by atoms with van der Waals surface area (Å²) in [5.74, 6) is 0.448. The van der Waals surface area contributed by atoms with Crippen LogP contribution in [0.2, 0.25) is 0 Å². The fourth-order valence-electron chi connectivity index (χ4n) is 1.97. The Morgan fingerprint density at radius 1 is 1.38 bits per heavy atom. The molecule has 0 saturated carbocycles. The molecule has 0 aromatic rings. The Morgan fingerprint density at radius 2 is 2.06 bits per heavy atom. The van der Waals surface area contributed by atoms with Gasteiger partial charge in [0.2, 0.25) is 0 Å². The quantitative estimate of drug-likeness (QED) is 0.535. The molecular formula is C12H16N2O2. The van der Waals surface area contributed by atoms with Crippen molar-refractivity contribution in [3.05, 3.63) is 35.1 Å². The summed E-state index contributed by atoms with van der Waals surface area (Å²) in [6.07, 6.45) is 6.28. The van der Waals surface area contributed by atoms with Gasteiger partial charge in [-0.2, -0.15) is 0 Å². The van der Waals surface area contributed by atoms with Gasteiger partial charge in [0, 0.05) is 5.57 Å². The molecule has 1 heterocycles. The maximum absolute atomic E-state index is 11.4. The van der Waals surface area contributed by atoms with E-state index in [9.17, 15) is 4.79 Å². The van der Waals surface area contributed by atoms with Gasteiger partial charge in [0.05, 0.1) is 6.42 Å². The minimum atomic E-state index is -0.434. The SMILES string of the molecule is CNC1(NC)C=CC2=C(C)CC(=O)OC2=C1. The van der Waals surface area contributed by atoms with Gasteiger partial charge < -0.3 is 4.74 Å². The average Bonchev–Trinajstić information content (AvgIpc) is 2.27. The molecule has 0 aromatic heterocycles. The highest BCUT2D eigenvalue weighted by atomic mass is 16.5. The average molecular weight is 220 g/mol. The summed E-state index contributed by atoms with van der Waals surface area (Å²) in [5, 5.41) is 6.28. The molecule has 2 rings (SSSR count). The van der Waals surface area contributed by atoms with Crippen molar-refractivity contribution < 1.29 is 9.53 Å². The van der Waals surface area contributed by atoms with Crippen LogP contribution in [-0.2, 0) is 9.53 Å². The van der Waals surface area contributed by atoms with Gasteiger partial charge in [-0.05, 0) is 33.2 Å². The van der Waals surface area contributed by atoms with E-state index >= 15 is 0 Å². The van der Waals surface area contributed by atoms with Crippen LogP contribution in [0.3, 0.4) is 0 Å². The van der Waals surface area contributed by atoms with E-state index in [4.69, 9.17) is 4.74 Å². The lowest BCUT2D eigenvalue weighted by atomic mass is 9.93. The molecule has 0 radical (unpaired) electrons. The van der Waals surface area contributed by atoms with Crippen molar-refractivity contribution in [2.24, 2.45) is 0 Å². The molecule has 0 atom stereocenters. The minimum Gasteiger partial charge on any atom is -0.426 e. The van der Waals surface area contributed by atoms with Crippen molar-refractivity contribution >= 4 is 5.97 Å². The molecule has 1 aliphatic heterocycles. The first-order valence-electron chi connectivity index (χ1n) is 5.31. The molecule has 16 heavy (non-hydrogen) atoms. The van der Waals surface area contributed by atoms with Gasteiger partial charge in [0.1, 0.15) is 11.4 Å². The zero-order chi connectivity index (χ0) is 11.8.